The van der Waals surface area contributed by atoms with Crippen LogP contribution in [0, 0.1) is 0 Å². The van der Waals surface area contributed by atoms with Gasteiger partial charge >= 0.3 is 6.09 Å². The molecule has 0 bridgehead atoms. The Hall–Kier alpha value is -2.24. The maximum atomic E-state index is 15.3. The van der Waals surface area contributed by atoms with Gasteiger partial charge in [-0.3, -0.25) is 0 Å². The van der Waals surface area contributed by atoms with Gasteiger partial charge in [-0.1, -0.05) is 47.5 Å². The van der Waals surface area contributed by atoms with Gasteiger partial charge in [0.1, 0.15) is 11.2 Å². The van der Waals surface area contributed by atoms with E-state index in [0.717, 1.165) is 16.7 Å². The van der Waals surface area contributed by atoms with Crippen LogP contribution in [-0.4, -0.2) is 29.7 Å². The van der Waals surface area contributed by atoms with Gasteiger partial charge in [0.2, 0.25) is 0 Å². The second-order valence-electron chi connectivity index (χ2n) is 9.71. The number of ether oxygens (including phenoxy) is 2. The van der Waals surface area contributed by atoms with Crippen molar-refractivity contribution in [2.45, 2.75) is 51.0 Å². The highest BCUT2D eigenvalue weighted by atomic mass is 35.5. The zero-order chi connectivity index (χ0) is 23.3. The Balaban J connectivity index is 1.42. The van der Waals surface area contributed by atoms with Crippen molar-refractivity contribution < 1.29 is 18.7 Å². The minimum Gasteiger partial charge on any atom is -0.490 e. The molecule has 1 saturated heterocycles. The van der Waals surface area contributed by atoms with E-state index in [9.17, 15) is 4.79 Å². The minimum absolute atomic E-state index is 0.0132. The molecule has 4 nitrogen and oxygen atoms in total. The third-order valence-corrected chi connectivity index (χ3v) is 6.21. The maximum absolute atomic E-state index is 15.3. The van der Waals surface area contributed by atoms with Crippen molar-refractivity contribution in [2.75, 3.05) is 13.1 Å². The second kappa shape index (κ2) is 7.96. The van der Waals surface area contributed by atoms with Crippen LogP contribution >= 0.6 is 23.2 Å². The number of carbonyl (C=O) groups excluding carboxylic acids is 1. The van der Waals surface area contributed by atoms with Gasteiger partial charge in [-0.25, -0.2) is 9.18 Å². The van der Waals surface area contributed by atoms with Crippen molar-refractivity contribution in [2.24, 2.45) is 0 Å². The number of amides is 1. The van der Waals surface area contributed by atoms with Crippen molar-refractivity contribution >= 4 is 34.9 Å². The van der Waals surface area contributed by atoms with E-state index in [1.165, 1.54) is 4.90 Å². The quantitative estimate of drug-likeness (QED) is 0.473. The van der Waals surface area contributed by atoms with Gasteiger partial charge in [-0.15, -0.1) is 0 Å². The molecule has 1 unspecified atom stereocenters. The molecule has 0 radical (unpaired) electrons. The number of rotatable bonds is 3. The smallest absolute Gasteiger partial charge is 0.410 e. The van der Waals surface area contributed by atoms with Gasteiger partial charge in [0, 0.05) is 16.5 Å². The fraction of sp³-hybridized carbons (Fsp3) is 0.400. The standard InChI is InChI=1S/C25H26Cl2FNO3/c1-23(2,3)32-22(30)29-14-25(28,15-29)18-7-5-16(6-8-18)17-12-24(4,31-13-17)19-9-20(26)11-21(27)10-19/h5-11,13H,12,14-15H2,1-4H3. The summed E-state index contributed by atoms with van der Waals surface area (Å²) in [5.41, 5.74) is 0.662. The van der Waals surface area contributed by atoms with E-state index in [-0.39, 0.29) is 13.1 Å². The number of alkyl halides is 1. The first kappa shape index (κ1) is 22.9. The van der Waals surface area contributed by atoms with E-state index in [0.29, 0.717) is 22.0 Å². The Bertz CT molecular complexity index is 1050. The summed E-state index contributed by atoms with van der Waals surface area (Å²) in [7, 11) is 0. The van der Waals surface area contributed by atoms with Crippen LogP contribution in [0.25, 0.3) is 5.57 Å². The van der Waals surface area contributed by atoms with E-state index < -0.39 is 23.0 Å². The molecule has 0 N–H and O–H groups in total. The summed E-state index contributed by atoms with van der Waals surface area (Å²) in [4.78, 5) is 13.5. The summed E-state index contributed by atoms with van der Waals surface area (Å²) in [6.07, 6.45) is 1.88. The van der Waals surface area contributed by atoms with Gasteiger partial charge in [0.25, 0.3) is 0 Å². The monoisotopic (exact) mass is 477 g/mol. The molecule has 0 spiro atoms. The number of likely N-dealkylation sites (tertiary alicyclic amines) is 1. The van der Waals surface area contributed by atoms with E-state index in [2.05, 4.69) is 0 Å². The molecular weight excluding hydrogens is 452 g/mol. The minimum atomic E-state index is -1.57. The summed E-state index contributed by atoms with van der Waals surface area (Å²) < 4.78 is 26.6. The molecule has 0 aliphatic carbocycles. The third kappa shape index (κ3) is 4.60. The molecule has 2 heterocycles. The summed E-state index contributed by atoms with van der Waals surface area (Å²) in [5.74, 6) is 0. The zero-order valence-electron chi connectivity index (χ0n) is 18.5. The van der Waals surface area contributed by atoms with Crippen LogP contribution in [0.15, 0.2) is 48.7 Å². The van der Waals surface area contributed by atoms with E-state index in [4.69, 9.17) is 32.7 Å². The Kier molecular flexibility index (Phi) is 5.71. The van der Waals surface area contributed by atoms with Gasteiger partial charge in [0.05, 0.1) is 19.4 Å². The van der Waals surface area contributed by atoms with Crippen LogP contribution in [0.5, 0.6) is 0 Å². The van der Waals surface area contributed by atoms with E-state index in [1.807, 2.05) is 31.2 Å². The molecule has 4 rings (SSSR count). The summed E-state index contributed by atoms with van der Waals surface area (Å²) >= 11 is 12.3. The van der Waals surface area contributed by atoms with Crippen LogP contribution in [0.1, 0.15) is 50.8 Å². The first-order valence-corrected chi connectivity index (χ1v) is 11.2. The molecule has 1 amide bonds. The van der Waals surface area contributed by atoms with Gasteiger partial charge in [-0.05, 0) is 68.2 Å². The molecule has 0 saturated carbocycles. The van der Waals surface area contributed by atoms with Gasteiger partial charge in [-0.2, -0.15) is 0 Å². The van der Waals surface area contributed by atoms with E-state index >= 15 is 4.39 Å². The average molecular weight is 478 g/mol. The molecule has 170 valence electrons. The molecule has 2 aliphatic heterocycles. The lowest BCUT2D eigenvalue weighted by atomic mass is 9.85. The molecule has 2 aliphatic rings. The highest BCUT2D eigenvalue weighted by molar-refractivity contribution is 6.34. The maximum Gasteiger partial charge on any atom is 0.410 e. The predicted molar refractivity (Wildman–Crippen MR) is 125 cm³/mol. The van der Waals surface area contributed by atoms with Crippen LogP contribution in [0.2, 0.25) is 10.0 Å². The lowest BCUT2D eigenvalue weighted by molar-refractivity contribution is -0.0537. The molecule has 2 aromatic rings. The fourth-order valence-electron chi connectivity index (χ4n) is 4.03. The lowest BCUT2D eigenvalue weighted by Gasteiger charge is -2.44. The van der Waals surface area contributed by atoms with E-state index in [1.54, 1.807) is 45.2 Å². The first-order valence-electron chi connectivity index (χ1n) is 10.5. The van der Waals surface area contributed by atoms with Crippen molar-refractivity contribution in [3.05, 3.63) is 75.5 Å². The highest BCUT2D eigenvalue weighted by Gasteiger charge is 2.48. The van der Waals surface area contributed by atoms with Crippen molar-refractivity contribution in [1.82, 2.24) is 4.90 Å². The first-order chi connectivity index (χ1) is 14.9. The summed E-state index contributed by atoms with van der Waals surface area (Å²) in [6.45, 7) is 7.34. The summed E-state index contributed by atoms with van der Waals surface area (Å²) in [5, 5.41) is 1.12. The van der Waals surface area contributed by atoms with Crippen molar-refractivity contribution in [3.63, 3.8) is 0 Å². The fourth-order valence-corrected chi connectivity index (χ4v) is 4.55. The van der Waals surface area contributed by atoms with Crippen molar-refractivity contribution in [3.8, 4) is 0 Å². The van der Waals surface area contributed by atoms with Gasteiger partial charge < -0.3 is 14.4 Å². The van der Waals surface area contributed by atoms with Gasteiger partial charge in [0.15, 0.2) is 5.67 Å². The predicted octanol–water partition coefficient (Wildman–Crippen LogP) is 7.09. The Morgan fingerprint density at radius 1 is 1.06 bits per heavy atom. The Morgan fingerprint density at radius 3 is 2.22 bits per heavy atom. The third-order valence-electron chi connectivity index (χ3n) is 5.77. The van der Waals surface area contributed by atoms with Crippen LogP contribution in [-0.2, 0) is 20.7 Å². The van der Waals surface area contributed by atoms with Crippen LogP contribution in [0.3, 0.4) is 0 Å². The summed E-state index contributed by atoms with van der Waals surface area (Å²) in [6, 6.07) is 12.7. The van der Waals surface area contributed by atoms with Crippen LogP contribution < -0.4 is 0 Å². The molecule has 7 heteroatoms. The molecular formula is C25H26Cl2FNO3. The number of benzene rings is 2. The number of hydrogen-bond acceptors (Lipinski definition) is 3. The number of halogens is 3. The zero-order valence-corrected chi connectivity index (χ0v) is 20.1. The van der Waals surface area contributed by atoms with Crippen LogP contribution in [0.4, 0.5) is 9.18 Å². The lowest BCUT2D eigenvalue weighted by Crippen LogP contribution is -2.59. The topological polar surface area (TPSA) is 38.8 Å². The SMILES string of the molecule is CC(C)(C)OC(=O)N1CC(F)(c2ccc(C3=COC(C)(c4cc(Cl)cc(Cl)c4)C3)cc2)C1. The number of hydrogen-bond donors (Lipinski definition) is 0. The molecule has 32 heavy (non-hydrogen) atoms. The molecule has 1 fully saturated rings. The highest BCUT2D eigenvalue weighted by Crippen LogP contribution is 2.44. The molecule has 0 aromatic heterocycles. The largest absolute Gasteiger partial charge is 0.490 e. The number of nitrogens with zero attached hydrogens (tertiary/aromatic N) is 1. The number of carbonyl (C=O) groups is 1. The molecule has 1 atom stereocenters. The average Bonchev–Trinajstić information content (AvgIpc) is 3.07. The Labute approximate surface area is 197 Å². The second-order valence-corrected chi connectivity index (χ2v) is 10.6. The normalized spacial score (nSPS) is 22.1. The molecule has 2 aromatic carbocycles. The Morgan fingerprint density at radius 2 is 1.66 bits per heavy atom. The van der Waals surface area contributed by atoms with Crippen molar-refractivity contribution in [1.29, 1.82) is 0 Å².